The van der Waals surface area contributed by atoms with Crippen molar-refractivity contribution in [3.05, 3.63) is 0 Å². The van der Waals surface area contributed by atoms with Crippen LogP contribution in [-0.2, 0) is 4.84 Å². The van der Waals surface area contributed by atoms with E-state index in [1.165, 1.54) is 25.9 Å². The normalized spacial score (nSPS) is 21.2. The SMILES string of the molecule is CN1CCC(N(C)CCON)CC1. The topological polar surface area (TPSA) is 41.7 Å². The standard InChI is InChI=1S/C9H21N3O/c1-11-5-3-9(4-6-11)12(2)7-8-13-10/h9H,3-8,10H2,1-2H3. The van der Waals surface area contributed by atoms with Gasteiger partial charge in [0.25, 0.3) is 0 Å². The molecule has 0 spiro atoms. The molecule has 13 heavy (non-hydrogen) atoms. The predicted octanol–water partition coefficient (Wildman–Crippen LogP) is -0.0973. The molecule has 0 aromatic carbocycles. The lowest BCUT2D eigenvalue weighted by molar-refractivity contribution is 0.0813. The average Bonchev–Trinajstić information content (AvgIpc) is 2.15. The molecule has 1 aliphatic rings. The lowest BCUT2D eigenvalue weighted by atomic mass is 10.0. The van der Waals surface area contributed by atoms with Crippen LogP contribution >= 0.6 is 0 Å². The molecule has 1 heterocycles. The van der Waals surface area contributed by atoms with Crippen LogP contribution in [0.5, 0.6) is 0 Å². The molecule has 1 aliphatic heterocycles. The molecule has 0 bridgehead atoms. The molecule has 1 rings (SSSR count). The van der Waals surface area contributed by atoms with Gasteiger partial charge in [-0.1, -0.05) is 0 Å². The Hall–Kier alpha value is -0.160. The van der Waals surface area contributed by atoms with E-state index in [0.29, 0.717) is 12.6 Å². The fraction of sp³-hybridized carbons (Fsp3) is 1.00. The second-order valence-electron chi connectivity index (χ2n) is 3.89. The monoisotopic (exact) mass is 187 g/mol. The van der Waals surface area contributed by atoms with E-state index < -0.39 is 0 Å². The fourth-order valence-electron chi connectivity index (χ4n) is 1.82. The molecule has 1 fully saturated rings. The van der Waals surface area contributed by atoms with Gasteiger partial charge in [0.2, 0.25) is 0 Å². The number of likely N-dealkylation sites (N-methyl/N-ethyl adjacent to an activating group) is 1. The minimum Gasteiger partial charge on any atom is -0.306 e. The third-order valence-electron chi connectivity index (χ3n) is 2.87. The molecule has 0 aromatic rings. The third kappa shape index (κ3) is 3.60. The van der Waals surface area contributed by atoms with E-state index in [1.54, 1.807) is 0 Å². The van der Waals surface area contributed by atoms with Gasteiger partial charge >= 0.3 is 0 Å². The number of rotatable bonds is 4. The Morgan fingerprint density at radius 3 is 2.62 bits per heavy atom. The highest BCUT2D eigenvalue weighted by atomic mass is 16.6. The Bertz CT molecular complexity index is 135. The van der Waals surface area contributed by atoms with E-state index in [1.807, 2.05) is 0 Å². The van der Waals surface area contributed by atoms with Gasteiger partial charge in [-0.3, -0.25) is 0 Å². The highest BCUT2D eigenvalue weighted by molar-refractivity contribution is 4.76. The molecular weight excluding hydrogens is 166 g/mol. The molecule has 4 nitrogen and oxygen atoms in total. The second-order valence-corrected chi connectivity index (χ2v) is 3.89. The van der Waals surface area contributed by atoms with Crippen LogP contribution in [0.25, 0.3) is 0 Å². The zero-order chi connectivity index (χ0) is 9.68. The quantitative estimate of drug-likeness (QED) is 0.624. The van der Waals surface area contributed by atoms with Crippen molar-refractivity contribution >= 4 is 0 Å². The van der Waals surface area contributed by atoms with Crippen LogP contribution in [0.1, 0.15) is 12.8 Å². The molecule has 0 aliphatic carbocycles. The summed E-state index contributed by atoms with van der Waals surface area (Å²) in [6.07, 6.45) is 2.52. The highest BCUT2D eigenvalue weighted by Crippen LogP contribution is 2.13. The van der Waals surface area contributed by atoms with Gasteiger partial charge in [0.15, 0.2) is 0 Å². The van der Waals surface area contributed by atoms with Gasteiger partial charge in [-0.2, -0.15) is 0 Å². The summed E-state index contributed by atoms with van der Waals surface area (Å²) in [5.41, 5.74) is 0. The number of nitrogens with two attached hydrogens (primary N) is 1. The molecule has 0 atom stereocenters. The first-order valence-corrected chi connectivity index (χ1v) is 4.94. The van der Waals surface area contributed by atoms with Gasteiger partial charge < -0.3 is 14.6 Å². The Morgan fingerprint density at radius 2 is 2.08 bits per heavy atom. The first kappa shape index (κ1) is 10.9. The number of nitrogens with zero attached hydrogens (tertiary/aromatic N) is 2. The molecule has 0 unspecified atom stereocenters. The van der Waals surface area contributed by atoms with E-state index in [0.717, 1.165) is 6.54 Å². The highest BCUT2D eigenvalue weighted by Gasteiger charge is 2.19. The molecule has 0 saturated carbocycles. The summed E-state index contributed by atoms with van der Waals surface area (Å²) in [5, 5.41) is 0. The summed E-state index contributed by atoms with van der Waals surface area (Å²) in [6, 6.07) is 0.714. The zero-order valence-corrected chi connectivity index (χ0v) is 8.70. The van der Waals surface area contributed by atoms with Crippen LogP contribution in [0.4, 0.5) is 0 Å². The first-order valence-electron chi connectivity index (χ1n) is 4.94. The summed E-state index contributed by atoms with van der Waals surface area (Å²) in [7, 11) is 4.33. The maximum absolute atomic E-state index is 4.99. The molecule has 4 heteroatoms. The maximum Gasteiger partial charge on any atom is 0.0806 e. The average molecular weight is 187 g/mol. The second kappa shape index (κ2) is 5.54. The lowest BCUT2D eigenvalue weighted by Crippen LogP contribution is -2.43. The fourth-order valence-corrected chi connectivity index (χ4v) is 1.82. The van der Waals surface area contributed by atoms with Crippen molar-refractivity contribution < 1.29 is 4.84 Å². The summed E-state index contributed by atoms with van der Waals surface area (Å²) in [5.74, 6) is 4.99. The Morgan fingerprint density at radius 1 is 1.46 bits per heavy atom. The number of likely N-dealkylation sites (tertiary alicyclic amines) is 1. The van der Waals surface area contributed by atoms with E-state index in [2.05, 4.69) is 28.7 Å². The van der Waals surface area contributed by atoms with E-state index in [-0.39, 0.29) is 0 Å². The summed E-state index contributed by atoms with van der Waals surface area (Å²) in [4.78, 5) is 9.30. The summed E-state index contributed by atoms with van der Waals surface area (Å²) in [6.45, 7) is 3.98. The molecule has 0 amide bonds. The Labute approximate surface area is 80.6 Å². The van der Waals surface area contributed by atoms with Gasteiger partial charge in [0.1, 0.15) is 0 Å². The molecule has 0 aromatic heterocycles. The van der Waals surface area contributed by atoms with Crippen molar-refractivity contribution in [3.63, 3.8) is 0 Å². The number of piperidine rings is 1. The van der Waals surface area contributed by atoms with Crippen LogP contribution < -0.4 is 5.90 Å². The van der Waals surface area contributed by atoms with Crippen molar-refractivity contribution in [3.8, 4) is 0 Å². The third-order valence-corrected chi connectivity index (χ3v) is 2.87. The number of hydrogen-bond donors (Lipinski definition) is 1. The lowest BCUT2D eigenvalue weighted by Gasteiger charge is -2.34. The molecule has 0 radical (unpaired) electrons. The zero-order valence-electron chi connectivity index (χ0n) is 8.70. The molecule has 2 N–H and O–H groups in total. The van der Waals surface area contributed by atoms with Gasteiger partial charge in [-0.25, -0.2) is 5.90 Å². The van der Waals surface area contributed by atoms with Gasteiger partial charge in [-0.05, 0) is 40.0 Å². The Balaban J connectivity index is 2.19. The minimum atomic E-state index is 0.628. The smallest absolute Gasteiger partial charge is 0.0806 e. The van der Waals surface area contributed by atoms with Crippen molar-refractivity contribution in [1.82, 2.24) is 9.80 Å². The largest absolute Gasteiger partial charge is 0.306 e. The van der Waals surface area contributed by atoms with E-state index in [9.17, 15) is 0 Å². The van der Waals surface area contributed by atoms with Gasteiger partial charge in [-0.15, -0.1) is 0 Å². The van der Waals surface area contributed by atoms with Crippen molar-refractivity contribution in [1.29, 1.82) is 0 Å². The van der Waals surface area contributed by atoms with Crippen LogP contribution in [0.3, 0.4) is 0 Å². The number of hydrogen-bond acceptors (Lipinski definition) is 4. The van der Waals surface area contributed by atoms with Crippen molar-refractivity contribution in [2.75, 3.05) is 40.3 Å². The molecular formula is C9H21N3O. The van der Waals surface area contributed by atoms with Gasteiger partial charge in [0, 0.05) is 12.6 Å². The molecule has 1 saturated heterocycles. The van der Waals surface area contributed by atoms with Gasteiger partial charge in [0.05, 0.1) is 6.61 Å². The first-order chi connectivity index (χ1) is 6.24. The summed E-state index contributed by atoms with van der Waals surface area (Å²) >= 11 is 0. The van der Waals surface area contributed by atoms with Crippen LogP contribution in [0.2, 0.25) is 0 Å². The molecule has 78 valence electrons. The van der Waals surface area contributed by atoms with Crippen molar-refractivity contribution in [2.45, 2.75) is 18.9 Å². The van der Waals surface area contributed by atoms with Crippen LogP contribution in [0, 0.1) is 0 Å². The predicted molar refractivity (Wildman–Crippen MR) is 53.3 cm³/mol. The maximum atomic E-state index is 4.99. The van der Waals surface area contributed by atoms with E-state index >= 15 is 0 Å². The van der Waals surface area contributed by atoms with Crippen LogP contribution in [0.15, 0.2) is 0 Å². The Kier molecular flexibility index (Phi) is 4.66. The van der Waals surface area contributed by atoms with Crippen molar-refractivity contribution in [2.24, 2.45) is 5.90 Å². The minimum absolute atomic E-state index is 0.628. The summed E-state index contributed by atoms with van der Waals surface area (Å²) < 4.78 is 0. The van der Waals surface area contributed by atoms with Crippen LogP contribution in [-0.4, -0.2) is 56.2 Å². The van der Waals surface area contributed by atoms with E-state index in [4.69, 9.17) is 5.90 Å².